The lowest BCUT2D eigenvalue weighted by molar-refractivity contribution is 0.415. The number of anilines is 1. The Bertz CT molecular complexity index is 1220. The molecule has 0 radical (unpaired) electrons. The molecular formula is C22H28ClN5O3. The average molecular weight is 446 g/mol. The van der Waals surface area contributed by atoms with Gasteiger partial charge < -0.3 is 10.1 Å². The Labute approximate surface area is 185 Å². The van der Waals surface area contributed by atoms with Gasteiger partial charge in [-0.05, 0) is 44.4 Å². The van der Waals surface area contributed by atoms with Gasteiger partial charge in [-0.15, -0.1) is 0 Å². The second-order valence-corrected chi connectivity index (χ2v) is 8.27. The minimum Gasteiger partial charge on any atom is -0.495 e. The van der Waals surface area contributed by atoms with Gasteiger partial charge in [0.15, 0.2) is 11.2 Å². The summed E-state index contributed by atoms with van der Waals surface area (Å²) in [5.41, 5.74) is 1.11. The summed E-state index contributed by atoms with van der Waals surface area (Å²) < 4.78 is 9.97. The summed E-state index contributed by atoms with van der Waals surface area (Å²) in [6, 6.07) is 5.88. The van der Waals surface area contributed by atoms with Gasteiger partial charge in [0.1, 0.15) is 5.75 Å². The minimum atomic E-state index is -0.327. The van der Waals surface area contributed by atoms with E-state index in [-0.39, 0.29) is 11.2 Å². The molecule has 1 fully saturated rings. The van der Waals surface area contributed by atoms with Crippen LogP contribution in [-0.2, 0) is 19.6 Å². The largest absolute Gasteiger partial charge is 0.495 e. The summed E-state index contributed by atoms with van der Waals surface area (Å²) >= 11 is 6.34. The van der Waals surface area contributed by atoms with Crippen LogP contribution >= 0.6 is 11.6 Å². The molecule has 2 heterocycles. The second kappa shape index (κ2) is 8.78. The van der Waals surface area contributed by atoms with Crippen molar-refractivity contribution in [3.8, 4) is 5.75 Å². The van der Waals surface area contributed by atoms with E-state index in [0.29, 0.717) is 53.6 Å². The van der Waals surface area contributed by atoms with E-state index in [2.05, 4.69) is 5.32 Å². The van der Waals surface area contributed by atoms with E-state index in [0.717, 1.165) is 18.4 Å². The molecule has 0 atom stereocenters. The lowest BCUT2D eigenvalue weighted by atomic mass is 10.2. The number of nitrogens with zero attached hydrogens (tertiary/aromatic N) is 4. The molecule has 0 amide bonds. The van der Waals surface area contributed by atoms with E-state index in [9.17, 15) is 9.59 Å². The second-order valence-electron chi connectivity index (χ2n) is 7.86. The van der Waals surface area contributed by atoms with Gasteiger partial charge in [0.2, 0.25) is 5.95 Å². The van der Waals surface area contributed by atoms with E-state index < -0.39 is 0 Å². The topological polar surface area (TPSA) is 83.1 Å². The number of ether oxygens (including phenoxy) is 1. The molecule has 166 valence electrons. The van der Waals surface area contributed by atoms with Crippen LogP contribution in [-0.4, -0.2) is 31.8 Å². The number of rotatable bonds is 7. The Morgan fingerprint density at radius 3 is 2.45 bits per heavy atom. The molecular weight excluding hydrogens is 418 g/mol. The first kappa shape index (κ1) is 21.5. The van der Waals surface area contributed by atoms with Gasteiger partial charge in [-0.25, -0.2) is 4.79 Å². The number of hydrogen-bond donors (Lipinski definition) is 1. The molecule has 9 heteroatoms. The number of hydrogen-bond acceptors (Lipinski definition) is 5. The van der Waals surface area contributed by atoms with Gasteiger partial charge in [-0.2, -0.15) is 4.98 Å². The molecule has 0 saturated heterocycles. The molecule has 0 unspecified atom stereocenters. The van der Waals surface area contributed by atoms with Gasteiger partial charge >= 0.3 is 5.69 Å². The molecule has 0 bridgehead atoms. The first-order valence-electron chi connectivity index (χ1n) is 10.8. The zero-order valence-corrected chi connectivity index (χ0v) is 18.9. The van der Waals surface area contributed by atoms with Crippen LogP contribution in [0.2, 0.25) is 5.02 Å². The van der Waals surface area contributed by atoms with Gasteiger partial charge in [-0.1, -0.05) is 30.5 Å². The fourth-order valence-corrected chi connectivity index (χ4v) is 4.64. The van der Waals surface area contributed by atoms with Crippen LogP contribution in [0.4, 0.5) is 5.95 Å². The maximum atomic E-state index is 13.3. The number of methoxy groups -OCH3 is 1. The SMILES string of the molecule is CCn1c(=O)c2c(nc(NC3CCCC3)n2Cc2ccc(OC)c(Cl)c2)n(CC)c1=O. The number of fused-ring (bicyclic) bond motifs is 1. The monoisotopic (exact) mass is 445 g/mol. The molecule has 3 aromatic rings. The molecule has 1 saturated carbocycles. The first-order valence-corrected chi connectivity index (χ1v) is 11.2. The van der Waals surface area contributed by atoms with Crippen LogP contribution in [0.5, 0.6) is 5.75 Å². The van der Waals surface area contributed by atoms with Crippen molar-refractivity contribution >= 4 is 28.7 Å². The highest BCUT2D eigenvalue weighted by atomic mass is 35.5. The summed E-state index contributed by atoms with van der Waals surface area (Å²) in [7, 11) is 1.57. The fourth-order valence-electron chi connectivity index (χ4n) is 4.36. The summed E-state index contributed by atoms with van der Waals surface area (Å²) in [5, 5.41) is 4.03. The summed E-state index contributed by atoms with van der Waals surface area (Å²) in [4.78, 5) is 30.9. The lowest BCUT2D eigenvalue weighted by Gasteiger charge is -2.16. The smallest absolute Gasteiger partial charge is 0.332 e. The average Bonchev–Trinajstić information content (AvgIpc) is 3.38. The fraction of sp³-hybridized carbons (Fsp3) is 0.500. The number of aryl methyl sites for hydroxylation is 1. The number of halogens is 1. The Balaban J connectivity index is 1.92. The third kappa shape index (κ3) is 3.84. The molecule has 1 aromatic carbocycles. The highest BCUT2D eigenvalue weighted by Crippen LogP contribution is 2.28. The van der Waals surface area contributed by atoms with E-state index in [1.165, 1.54) is 17.4 Å². The van der Waals surface area contributed by atoms with Crippen molar-refractivity contribution < 1.29 is 4.74 Å². The van der Waals surface area contributed by atoms with Crippen molar-refractivity contribution in [1.29, 1.82) is 0 Å². The van der Waals surface area contributed by atoms with Crippen LogP contribution in [0.1, 0.15) is 45.1 Å². The van der Waals surface area contributed by atoms with Crippen molar-refractivity contribution in [3.05, 3.63) is 49.6 Å². The summed E-state index contributed by atoms with van der Waals surface area (Å²) in [6.45, 7) is 4.83. The van der Waals surface area contributed by atoms with Crippen LogP contribution in [0, 0.1) is 0 Å². The molecule has 0 aliphatic heterocycles. The maximum Gasteiger partial charge on any atom is 0.332 e. The van der Waals surface area contributed by atoms with Crippen molar-refractivity contribution in [1.82, 2.24) is 18.7 Å². The lowest BCUT2D eigenvalue weighted by Crippen LogP contribution is -2.40. The number of imidazole rings is 1. The molecule has 31 heavy (non-hydrogen) atoms. The van der Waals surface area contributed by atoms with Crippen molar-refractivity contribution in [2.45, 2.75) is 65.2 Å². The van der Waals surface area contributed by atoms with Gasteiger partial charge in [0, 0.05) is 19.1 Å². The van der Waals surface area contributed by atoms with Gasteiger partial charge in [0.25, 0.3) is 5.56 Å². The molecule has 1 aliphatic carbocycles. The highest BCUT2D eigenvalue weighted by molar-refractivity contribution is 6.32. The Morgan fingerprint density at radius 2 is 1.84 bits per heavy atom. The third-order valence-electron chi connectivity index (χ3n) is 5.99. The van der Waals surface area contributed by atoms with Gasteiger partial charge in [0.05, 0.1) is 18.7 Å². The Morgan fingerprint density at radius 1 is 1.13 bits per heavy atom. The van der Waals surface area contributed by atoms with Gasteiger partial charge in [-0.3, -0.25) is 18.5 Å². The normalized spacial score (nSPS) is 14.5. The van der Waals surface area contributed by atoms with Crippen LogP contribution in [0.25, 0.3) is 11.2 Å². The first-order chi connectivity index (χ1) is 15.0. The van der Waals surface area contributed by atoms with E-state index in [1.807, 2.05) is 29.7 Å². The molecule has 1 aliphatic rings. The van der Waals surface area contributed by atoms with Crippen LogP contribution in [0.15, 0.2) is 27.8 Å². The number of benzene rings is 1. The predicted molar refractivity (Wildman–Crippen MR) is 123 cm³/mol. The summed E-state index contributed by atoms with van der Waals surface area (Å²) in [6.07, 6.45) is 4.48. The summed E-state index contributed by atoms with van der Waals surface area (Å²) in [5.74, 6) is 1.21. The zero-order chi connectivity index (χ0) is 22.1. The molecule has 8 nitrogen and oxygen atoms in total. The van der Waals surface area contributed by atoms with Crippen molar-refractivity contribution in [3.63, 3.8) is 0 Å². The highest BCUT2D eigenvalue weighted by Gasteiger charge is 2.23. The van der Waals surface area contributed by atoms with Crippen molar-refractivity contribution in [2.75, 3.05) is 12.4 Å². The number of nitrogens with one attached hydrogen (secondary N) is 1. The third-order valence-corrected chi connectivity index (χ3v) is 6.29. The van der Waals surface area contributed by atoms with E-state index in [1.54, 1.807) is 18.6 Å². The quantitative estimate of drug-likeness (QED) is 0.602. The number of aromatic nitrogens is 4. The molecule has 4 rings (SSSR count). The standard InChI is InChI=1S/C22H28ClN5O3/c1-4-26-19-18(20(29)27(5-2)22(26)30)28(21(25-19)24-15-8-6-7-9-15)13-14-10-11-17(31-3)16(23)12-14/h10-12,15H,4-9,13H2,1-3H3,(H,24,25). The minimum absolute atomic E-state index is 0.304. The Kier molecular flexibility index (Phi) is 6.09. The molecule has 0 spiro atoms. The van der Waals surface area contributed by atoms with Crippen molar-refractivity contribution in [2.24, 2.45) is 0 Å². The predicted octanol–water partition coefficient (Wildman–Crippen LogP) is 3.46. The van der Waals surface area contributed by atoms with E-state index >= 15 is 0 Å². The maximum absolute atomic E-state index is 13.3. The Hall–Kier alpha value is -2.74. The molecule has 1 N–H and O–H groups in total. The zero-order valence-electron chi connectivity index (χ0n) is 18.2. The van der Waals surface area contributed by atoms with Crippen LogP contribution in [0.3, 0.4) is 0 Å². The van der Waals surface area contributed by atoms with E-state index in [4.69, 9.17) is 21.3 Å². The van der Waals surface area contributed by atoms with Crippen LogP contribution < -0.4 is 21.3 Å². The molecule has 2 aromatic heterocycles.